The average Bonchev–Trinajstić information content (AvgIpc) is 2.34. The number of nitrogens with one attached hydrogen (secondary N) is 1. The van der Waals surface area contributed by atoms with E-state index in [2.05, 4.69) is 20.3 Å². The van der Waals surface area contributed by atoms with Crippen LogP contribution in [0.1, 0.15) is 10.4 Å². The van der Waals surface area contributed by atoms with Crippen LogP contribution in [0.25, 0.3) is 0 Å². The summed E-state index contributed by atoms with van der Waals surface area (Å²) in [5.74, 6) is -1.90. The van der Waals surface area contributed by atoms with E-state index in [1.165, 1.54) is 18.3 Å². The standard InChI is InChI=1S/C10H6ClFN4O2/c11-7-2-1-5(3-13-7)9(17)15-8-6(12)4-14-10(18)16-8/h1-4H,(H2,14,15,16,17,18). The van der Waals surface area contributed by atoms with Crippen LogP contribution in [0.4, 0.5) is 10.2 Å². The van der Waals surface area contributed by atoms with Crippen LogP contribution in [0, 0.1) is 5.82 Å². The van der Waals surface area contributed by atoms with Crippen LogP contribution in [0.3, 0.4) is 0 Å². The Morgan fingerprint density at radius 2 is 2.11 bits per heavy atom. The zero-order valence-corrected chi connectivity index (χ0v) is 9.52. The van der Waals surface area contributed by atoms with Crippen LogP contribution >= 0.6 is 11.6 Å². The summed E-state index contributed by atoms with van der Waals surface area (Å²) in [7, 11) is 0. The number of anilines is 1. The molecule has 8 heteroatoms. The van der Waals surface area contributed by atoms with Crippen molar-refractivity contribution >= 4 is 23.3 Å². The number of hydrogen-bond acceptors (Lipinski definition) is 5. The molecule has 2 rings (SSSR count). The van der Waals surface area contributed by atoms with E-state index in [1.807, 2.05) is 0 Å². The van der Waals surface area contributed by atoms with Crippen molar-refractivity contribution in [2.45, 2.75) is 0 Å². The van der Waals surface area contributed by atoms with Crippen LogP contribution in [0.5, 0.6) is 6.01 Å². The molecule has 6 nitrogen and oxygen atoms in total. The number of hydrogen-bond donors (Lipinski definition) is 2. The van der Waals surface area contributed by atoms with Gasteiger partial charge in [0.1, 0.15) is 5.15 Å². The lowest BCUT2D eigenvalue weighted by Gasteiger charge is -2.04. The number of aromatic nitrogens is 3. The van der Waals surface area contributed by atoms with Gasteiger partial charge in [-0.25, -0.2) is 14.4 Å². The molecule has 0 bridgehead atoms. The second-order valence-electron chi connectivity index (χ2n) is 3.19. The first kappa shape index (κ1) is 12.2. The minimum atomic E-state index is -0.858. The van der Waals surface area contributed by atoms with E-state index < -0.39 is 23.6 Å². The van der Waals surface area contributed by atoms with Gasteiger partial charge in [0.05, 0.1) is 11.8 Å². The molecule has 92 valence electrons. The molecule has 2 N–H and O–H groups in total. The highest BCUT2D eigenvalue weighted by Crippen LogP contribution is 2.14. The number of rotatable bonds is 2. The first-order chi connectivity index (χ1) is 8.56. The van der Waals surface area contributed by atoms with Crippen molar-refractivity contribution in [2.75, 3.05) is 5.32 Å². The molecule has 0 saturated heterocycles. The SMILES string of the molecule is O=C(Nc1nc(O)ncc1F)c1ccc(Cl)nc1. The molecule has 0 fully saturated rings. The monoisotopic (exact) mass is 268 g/mol. The Morgan fingerprint density at radius 1 is 1.33 bits per heavy atom. The molecule has 0 atom stereocenters. The predicted molar refractivity (Wildman–Crippen MR) is 60.9 cm³/mol. The Hall–Kier alpha value is -2.28. The van der Waals surface area contributed by atoms with Crippen LogP contribution in [0.15, 0.2) is 24.5 Å². The van der Waals surface area contributed by atoms with Gasteiger partial charge in [-0.1, -0.05) is 11.6 Å². The summed E-state index contributed by atoms with van der Waals surface area (Å²) in [6.45, 7) is 0. The zero-order chi connectivity index (χ0) is 13.1. The van der Waals surface area contributed by atoms with Crippen molar-refractivity contribution < 1.29 is 14.3 Å². The fourth-order valence-corrected chi connectivity index (χ4v) is 1.25. The van der Waals surface area contributed by atoms with Gasteiger partial charge in [-0.15, -0.1) is 0 Å². The third kappa shape index (κ3) is 2.69. The number of halogens is 2. The summed E-state index contributed by atoms with van der Waals surface area (Å²) in [6.07, 6.45) is 1.98. The van der Waals surface area contributed by atoms with Gasteiger partial charge < -0.3 is 10.4 Å². The molecular formula is C10H6ClFN4O2. The quantitative estimate of drug-likeness (QED) is 0.808. The molecule has 0 unspecified atom stereocenters. The Kier molecular flexibility index (Phi) is 3.33. The molecule has 0 aliphatic rings. The molecular weight excluding hydrogens is 263 g/mol. The lowest BCUT2D eigenvalue weighted by atomic mass is 10.3. The first-order valence-corrected chi connectivity index (χ1v) is 5.08. The molecule has 0 aromatic carbocycles. The average molecular weight is 269 g/mol. The van der Waals surface area contributed by atoms with Gasteiger partial charge in [0, 0.05) is 6.20 Å². The predicted octanol–water partition coefficient (Wildman–Crippen LogP) is 1.62. The lowest BCUT2D eigenvalue weighted by molar-refractivity contribution is 0.102. The van der Waals surface area contributed by atoms with E-state index in [-0.39, 0.29) is 10.7 Å². The molecule has 0 aliphatic carbocycles. The maximum Gasteiger partial charge on any atom is 0.316 e. The number of nitrogens with zero attached hydrogens (tertiary/aromatic N) is 3. The topological polar surface area (TPSA) is 88.0 Å². The van der Waals surface area contributed by atoms with Crippen molar-refractivity contribution in [3.05, 3.63) is 41.1 Å². The molecule has 0 aliphatic heterocycles. The summed E-state index contributed by atoms with van der Waals surface area (Å²) >= 11 is 5.57. The summed E-state index contributed by atoms with van der Waals surface area (Å²) < 4.78 is 13.2. The fraction of sp³-hybridized carbons (Fsp3) is 0. The van der Waals surface area contributed by atoms with E-state index in [0.29, 0.717) is 0 Å². The Balaban J connectivity index is 2.21. The highest BCUT2D eigenvalue weighted by molar-refractivity contribution is 6.29. The summed E-state index contributed by atoms with van der Waals surface area (Å²) in [6, 6.07) is 2.20. The van der Waals surface area contributed by atoms with Gasteiger partial charge >= 0.3 is 6.01 Å². The molecule has 0 spiro atoms. The third-order valence-corrected chi connectivity index (χ3v) is 2.18. The van der Waals surface area contributed by atoms with E-state index in [4.69, 9.17) is 16.7 Å². The molecule has 0 saturated carbocycles. The smallest absolute Gasteiger partial charge is 0.316 e. The van der Waals surface area contributed by atoms with Gasteiger partial charge in [0.15, 0.2) is 11.6 Å². The number of pyridine rings is 1. The summed E-state index contributed by atoms with van der Waals surface area (Å²) in [5.41, 5.74) is 0.178. The normalized spacial score (nSPS) is 10.1. The van der Waals surface area contributed by atoms with Gasteiger partial charge in [-0.05, 0) is 12.1 Å². The van der Waals surface area contributed by atoms with Crippen molar-refractivity contribution in [2.24, 2.45) is 0 Å². The largest absolute Gasteiger partial charge is 0.479 e. The first-order valence-electron chi connectivity index (χ1n) is 4.70. The van der Waals surface area contributed by atoms with E-state index in [9.17, 15) is 9.18 Å². The van der Waals surface area contributed by atoms with Crippen LogP contribution in [-0.4, -0.2) is 26.0 Å². The summed E-state index contributed by atoms with van der Waals surface area (Å²) in [4.78, 5) is 22.0. The van der Waals surface area contributed by atoms with Gasteiger partial charge in [-0.2, -0.15) is 4.98 Å². The Labute approximate surface area is 105 Å². The molecule has 2 heterocycles. The molecule has 18 heavy (non-hydrogen) atoms. The Morgan fingerprint density at radius 3 is 2.78 bits per heavy atom. The van der Waals surface area contributed by atoms with Crippen molar-refractivity contribution in [1.29, 1.82) is 0 Å². The second-order valence-corrected chi connectivity index (χ2v) is 3.58. The highest BCUT2D eigenvalue weighted by Gasteiger charge is 2.12. The van der Waals surface area contributed by atoms with Gasteiger partial charge in [-0.3, -0.25) is 4.79 Å². The molecule has 0 radical (unpaired) electrons. The molecule has 2 aromatic rings. The van der Waals surface area contributed by atoms with Gasteiger partial charge in [0.2, 0.25) is 0 Å². The zero-order valence-electron chi connectivity index (χ0n) is 8.76. The summed E-state index contributed by atoms with van der Waals surface area (Å²) in [5, 5.41) is 11.4. The highest BCUT2D eigenvalue weighted by atomic mass is 35.5. The van der Waals surface area contributed by atoms with E-state index in [0.717, 1.165) is 6.20 Å². The lowest BCUT2D eigenvalue weighted by Crippen LogP contribution is -2.14. The second kappa shape index (κ2) is 4.92. The van der Waals surface area contributed by atoms with Crippen molar-refractivity contribution in [1.82, 2.24) is 15.0 Å². The van der Waals surface area contributed by atoms with E-state index >= 15 is 0 Å². The fourth-order valence-electron chi connectivity index (χ4n) is 1.14. The van der Waals surface area contributed by atoms with Crippen molar-refractivity contribution in [3.8, 4) is 6.01 Å². The van der Waals surface area contributed by atoms with E-state index in [1.54, 1.807) is 0 Å². The Bertz CT molecular complexity index is 591. The maximum atomic E-state index is 13.2. The number of carbonyl (C=O) groups excluding carboxylic acids is 1. The maximum absolute atomic E-state index is 13.2. The third-order valence-electron chi connectivity index (χ3n) is 1.95. The van der Waals surface area contributed by atoms with Crippen molar-refractivity contribution in [3.63, 3.8) is 0 Å². The van der Waals surface area contributed by atoms with Crippen LogP contribution in [0.2, 0.25) is 5.15 Å². The van der Waals surface area contributed by atoms with Gasteiger partial charge in [0.25, 0.3) is 5.91 Å². The molecule has 1 amide bonds. The van der Waals surface area contributed by atoms with Crippen LogP contribution in [-0.2, 0) is 0 Å². The molecule has 2 aromatic heterocycles. The minimum Gasteiger partial charge on any atom is -0.479 e. The number of carbonyl (C=O) groups is 1. The number of aromatic hydroxyl groups is 1. The minimum absolute atomic E-state index is 0.178. The van der Waals surface area contributed by atoms with Crippen LogP contribution < -0.4 is 5.32 Å². The number of amides is 1.